The van der Waals surface area contributed by atoms with Crippen LogP contribution in [0.4, 0.5) is 0 Å². The van der Waals surface area contributed by atoms with Crippen molar-refractivity contribution in [3.8, 4) is 5.69 Å². The van der Waals surface area contributed by atoms with Crippen molar-refractivity contribution < 1.29 is 0 Å². The van der Waals surface area contributed by atoms with Gasteiger partial charge in [0.2, 0.25) is 0 Å². The van der Waals surface area contributed by atoms with E-state index in [2.05, 4.69) is 5.10 Å². The number of aryl methyl sites for hydroxylation is 1. The minimum absolute atomic E-state index is 0.0246. The normalized spacial score (nSPS) is 14.2. The van der Waals surface area contributed by atoms with Crippen molar-refractivity contribution in [1.82, 2.24) is 9.78 Å². The van der Waals surface area contributed by atoms with Gasteiger partial charge in [-0.3, -0.25) is 0 Å². The molecule has 0 saturated carbocycles. The molecule has 8 heteroatoms. The van der Waals surface area contributed by atoms with Crippen LogP contribution in [0.25, 0.3) is 5.69 Å². The monoisotopic (exact) mass is 344 g/mol. The van der Waals surface area contributed by atoms with E-state index < -0.39 is 9.57 Å². The van der Waals surface area contributed by atoms with Crippen molar-refractivity contribution in [3.05, 3.63) is 46.4 Å². The Kier molecular flexibility index (Phi) is 3.50. The summed E-state index contributed by atoms with van der Waals surface area (Å²) in [6, 6.07) is 8.99. The van der Waals surface area contributed by atoms with Crippen LogP contribution < -0.4 is 10.9 Å². The number of nitrogens with zero attached hydrogens (tertiary/aromatic N) is 1. The molecule has 0 saturated heterocycles. The summed E-state index contributed by atoms with van der Waals surface area (Å²) in [7, 11) is 0. The minimum atomic E-state index is -4.18. The molecule has 2 rings (SSSR count). The first-order valence-electron chi connectivity index (χ1n) is 4.94. The van der Waals surface area contributed by atoms with Gasteiger partial charge in [0, 0.05) is 0 Å². The van der Waals surface area contributed by atoms with E-state index >= 15 is 0 Å². The molecule has 98 valence electrons. The van der Waals surface area contributed by atoms with E-state index in [9.17, 15) is 4.79 Å². The molecule has 0 amide bonds. The number of rotatable bonds is 2. The summed E-state index contributed by atoms with van der Waals surface area (Å²) in [6.45, 7) is 1.65. The number of halogens is 4. The van der Waals surface area contributed by atoms with Crippen molar-refractivity contribution in [2.45, 2.75) is 6.92 Å². The van der Waals surface area contributed by atoms with Crippen LogP contribution in [0.2, 0.25) is 0 Å². The van der Waals surface area contributed by atoms with Crippen LogP contribution in [-0.4, -0.2) is 9.78 Å². The van der Waals surface area contributed by atoms with Crippen molar-refractivity contribution in [2.24, 2.45) is 0 Å². The van der Waals surface area contributed by atoms with Crippen LogP contribution in [0.1, 0.15) is 5.69 Å². The summed E-state index contributed by atoms with van der Waals surface area (Å²) >= 11 is 23.7. The van der Waals surface area contributed by atoms with E-state index in [4.69, 9.17) is 45.0 Å². The predicted molar refractivity (Wildman–Crippen MR) is 81.1 cm³/mol. The molecule has 1 aromatic carbocycles. The van der Waals surface area contributed by atoms with Gasteiger partial charge in [-0.2, -0.15) is 0 Å². The first kappa shape index (κ1) is 14.2. The van der Waals surface area contributed by atoms with Crippen molar-refractivity contribution in [3.63, 3.8) is 0 Å². The maximum atomic E-state index is 12.3. The quantitative estimate of drug-likeness (QED) is 0.811. The molecule has 0 aliphatic carbocycles. The predicted octanol–water partition coefficient (Wildman–Crippen LogP) is 4.27. The molecule has 1 heterocycles. The molecule has 1 N–H and O–H groups in total. The van der Waals surface area contributed by atoms with Gasteiger partial charge in [-0.15, -0.1) is 0 Å². The molecular formula is C10H9Cl4N2OP. The Hall–Kier alpha value is -0.180. The van der Waals surface area contributed by atoms with E-state index in [-0.39, 0.29) is 5.30 Å². The van der Waals surface area contributed by atoms with E-state index in [0.717, 1.165) is 0 Å². The van der Waals surface area contributed by atoms with Crippen molar-refractivity contribution >= 4 is 54.3 Å². The molecule has 0 aliphatic rings. The molecule has 0 atom stereocenters. The number of nitrogens with one attached hydrogen (secondary N) is 1. The van der Waals surface area contributed by atoms with E-state index in [0.29, 0.717) is 11.4 Å². The zero-order valence-corrected chi connectivity index (χ0v) is 13.1. The number of hydrogen-bond acceptors (Lipinski definition) is 1. The molecule has 0 bridgehead atoms. The van der Waals surface area contributed by atoms with E-state index in [1.165, 1.54) is 4.68 Å². The Bertz CT molecular complexity index is 632. The second kappa shape index (κ2) is 4.43. The van der Waals surface area contributed by atoms with Gasteiger partial charge >= 0.3 is 123 Å². The van der Waals surface area contributed by atoms with Crippen LogP contribution in [-0.2, 0) is 0 Å². The molecule has 18 heavy (non-hydrogen) atoms. The van der Waals surface area contributed by atoms with Crippen LogP contribution >= 0.6 is 49.0 Å². The van der Waals surface area contributed by atoms with Crippen LogP contribution in [0.5, 0.6) is 0 Å². The Morgan fingerprint density at radius 3 is 2.11 bits per heavy atom. The number of para-hydroxylation sites is 1. The summed E-state index contributed by atoms with van der Waals surface area (Å²) in [4.78, 5) is 12.3. The fourth-order valence-electron chi connectivity index (χ4n) is 1.69. The van der Waals surface area contributed by atoms with Crippen molar-refractivity contribution in [2.75, 3.05) is 0 Å². The summed E-state index contributed by atoms with van der Waals surface area (Å²) in [6.07, 6.45) is 0. The molecule has 0 fully saturated rings. The van der Waals surface area contributed by atoms with Gasteiger partial charge in [-0.05, 0) is 0 Å². The number of aromatic amines is 1. The van der Waals surface area contributed by atoms with Gasteiger partial charge in [-0.1, -0.05) is 0 Å². The van der Waals surface area contributed by atoms with Gasteiger partial charge < -0.3 is 0 Å². The molecule has 1 aromatic heterocycles. The van der Waals surface area contributed by atoms with Gasteiger partial charge in [-0.25, -0.2) is 0 Å². The Balaban J connectivity index is 2.71. The standard InChI is InChI=1S/C10H9Cl4N2OP/c1-7-9(18(11,12,13)14)10(17)16(15-7)8-5-3-2-4-6-8/h2-6,15H,1H3. The van der Waals surface area contributed by atoms with Crippen LogP contribution in [0.15, 0.2) is 35.1 Å². The zero-order chi connectivity index (χ0) is 13.6. The molecule has 2 aromatic rings. The summed E-state index contributed by atoms with van der Waals surface area (Å²) < 4.78 is -2.87. The van der Waals surface area contributed by atoms with E-state index in [1.807, 2.05) is 6.07 Å². The SMILES string of the molecule is Cc1[nH]n(-c2ccccc2)c(=O)c1P(Cl)(Cl)(Cl)Cl. The van der Waals surface area contributed by atoms with Gasteiger partial charge in [0.1, 0.15) is 0 Å². The molecule has 0 radical (unpaired) electrons. The van der Waals surface area contributed by atoms with Gasteiger partial charge in [0.15, 0.2) is 0 Å². The summed E-state index contributed by atoms with van der Waals surface area (Å²) in [5.74, 6) is 0. The Morgan fingerprint density at radius 2 is 1.67 bits per heavy atom. The second-order valence-corrected chi connectivity index (χ2v) is 16.9. The molecular weight excluding hydrogens is 337 g/mol. The third-order valence-electron chi connectivity index (χ3n) is 2.39. The average Bonchev–Trinajstić information content (AvgIpc) is 2.54. The third-order valence-corrected chi connectivity index (χ3v) is 5.62. The molecule has 3 nitrogen and oxygen atoms in total. The Morgan fingerprint density at radius 1 is 1.11 bits per heavy atom. The number of H-pyrrole nitrogens is 1. The Labute approximate surface area is 123 Å². The first-order valence-corrected chi connectivity index (χ1v) is 10.8. The number of aromatic nitrogens is 2. The topological polar surface area (TPSA) is 37.8 Å². The third kappa shape index (κ3) is 2.71. The van der Waals surface area contributed by atoms with Gasteiger partial charge in [0.25, 0.3) is 0 Å². The molecule has 0 aliphatic heterocycles. The first-order chi connectivity index (χ1) is 8.17. The second-order valence-electron chi connectivity index (χ2n) is 3.78. The summed E-state index contributed by atoms with van der Waals surface area (Å²) in [5, 5.41) is 2.88. The van der Waals surface area contributed by atoms with Gasteiger partial charge in [0.05, 0.1) is 0 Å². The number of benzene rings is 1. The van der Waals surface area contributed by atoms with Crippen LogP contribution in [0, 0.1) is 6.92 Å². The number of hydrogen-bond donors (Lipinski definition) is 1. The zero-order valence-electron chi connectivity index (χ0n) is 9.20. The van der Waals surface area contributed by atoms with Crippen molar-refractivity contribution in [1.29, 1.82) is 0 Å². The summed E-state index contributed by atoms with van der Waals surface area (Å²) in [5.41, 5.74) is 0.668. The van der Waals surface area contributed by atoms with E-state index in [1.54, 1.807) is 31.2 Å². The molecule has 0 spiro atoms. The maximum absolute atomic E-state index is 12.3. The molecule has 0 unspecified atom stereocenters. The average molecular weight is 346 g/mol. The fourth-order valence-corrected chi connectivity index (χ4v) is 5.03. The fraction of sp³-hybridized carbons (Fsp3) is 0.100. The van der Waals surface area contributed by atoms with Crippen LogP contribution in [0.3, 0.4) is 0 Å².